The Balaban J connectivity index is 2.24. The van der Waals surface area contributed by atoms with Gasteiger partial charge in [-0.1, -0.05) is 19.1 Å². The number of halogens is 1. The minimum atomic E-state index is -0.241. The van der Waals surface area contributed by atoms with E-state index in [0.29, 0.717) is 17.9 Å². The molecule has 1 aromatic carbocycles. The van der Waals surface area contributed by atoms with Crippen LogP contribution in [-0.4, -0.2) is 19.7 Å². The first-order chi connectivity index (χ1) is 7.75. The molecule has 1 rings (SSSR count). The van der Waals surface area contributed by atoms with Crippen LogP contribution in [0.1, 0.15) is 25.3 Å². The van der Waals surface area contributed by atoms with Gasteiger partial charge in [-0.3, -0.25) is 0 Å². The Hall–Kier alpha value is -1.09. The average molecular weight is 225 g/mol. The van der Waals surface area contributed by atoms with Crippen molar-refractivity contribution in [1.82, 2.24) is 5.32 Å². The van der Waals surface area contributed by atoms with Gasteiger partial charge in [0.2, 0.25) is 0 Å². The summed E-state index contributed by atoms with van der Waals surface area (Å²) in [5, 5.41) is 3.24. The Labute approximate surface area is 96.8 Å². The zero-order chi connectivity index (χ0) is 11.8. The number of ether oxygens (including phenoxy) is 1. The fraction of sp³-hybridized carbons (Fsp3) is 0.538. The lowest BCUT2D eigenvalue weighted by molar-refractivity contribution is 0.291. The summed E-state index contributed by atoms with van der Waals surface area (Å²) >= 11 is 0. The highest BCUT2D eigenvalue weighted by atomic mass is 19.1. The van der Waals surface area contributed by atoms with Crippen LogP contribution >= 0.6 is 0 Å². The second-order valence-corrected chi connectivity index (χ2v) is 3.80. The molecule has 0 aliphatic carbocycles. The molecule has 0 amide bonds. The molecular weight excluding hydrogens is 205 g/mol. The molecule has 2 nitrogen and oxygen atoms in total. The van der Waals surface area contributed by atoms with Gasteiger partial charge in [0.15, 0.2) is 11.6 Å². The standard InChI is InChI=1S/C13H20FNO/c1-3-15-9-4-5-10-16-12-8-6-7-11(2)13(12)14/h6-8,15H,3-5,9-10H2,1-2H3. The lowest BCUT2D eigenvalue weighted by Gasteiger charge is -2.08. The van der Waals surface area contributed by atoms with Crippen LogP contribution < -0.4 is 10.1 Å². The zero-order valence-electron chi connectivity index (χ0n) is 10.1. The van der Waals surface area contributed by atoms with E-state index in [4.69, 9.17) is 4.74 Å². The molecule has 1 N–H and O–H groups in total. The molecule has 0 fully saturated rings. The minimum Gasteiger partial charge on any atom is -0.491 e. The molecule has 0 aliphatic heterocycles. The van der Waals surface area contributed by atoms with Crippen LogP contribution in [0, 0.1) is 12.7 Å². The summed E-state index contributed by atoms with van der Waals surface area (Å²) in [6, 6.07) is 5.23. The summed E-state index contributed by atoms with van der Waals surface area (Å²) in [6.07, 6.45) is 2.00. The normalized spacial score (nSPS) is 10.4. The quantitative estimate of drug-likeness (QED) is 0.720. The Morgan fingerprint density at radius 3 is 2.88 bits per heavy atom. The van der Waals surface area contributed by atoms with Crippen LogP contribution in [0.4, 0.5) is 4.39 Å². The maximum absolute atomic E-state index is 13.5. The Kier molecular flexibility index (Phi) is 5.86. The molecule has 0 saturated carbocycles. The van der Waals surface area contributed by atoms with Gasteiger partial charge in [-0.05, 0) is 44.5 Å². The van der Waals surface area contributed by atoms with Crippen LogP contribution in [0.25, 0.3) is 0 Å². The number of benzene rings is 1. The molecule has 0 bridgehead atoms. The number of nitrogens with one attached hydrogen (secondary N) is 1. The topological polar surface area (TPSA) is 21.3 Å². The molecule has 16 heavy (non-hydrogen) atoms. The van der Waals surface area contributed by atoms with Crippen LogP contribution in [0.15, 0.2) is 18.2 Å². The van der Waals surface area contributed by atoms with Crippen molar-refractivity contribution in [1.29, 1.82) is 0 Å². The zero-order valence-corrected chi connectivity index (χ0v) is 10.1. The molecule has 90 valence electrons. The van der Waals surface area contributed by atoms with Gasteiger partial charge in [-0.15, -0.1) is 0 Å². The first kappa shape index (κ1) is 13.0. The van der Waals surface area contributed by atoms with E-state index in [0.717, 1.165) is 25.9 Å². The number of aryl methyl sites for hydroxylation is 1. The van der Waals surface area contributed by atoms with E-state index in [-0.39, 0.29) is 5.82 Å². The second kappa shape index (κ2) is 7.23. The van der Waals surface area contributed by atoms with Crippen LogP contribution in [0.2, 0.25) is 0 Å². The predicted molar refractivity (Wildman–Crippen MR) is 64.4 cm³/mol. The highest BCUT2D eigenvalue weighted by Gasteiger charge is 2.04. The molecular formula is C13H20FNO. The molecule has 3 heteroatoms. The summed E-state index contributed by atoms with van der Waals surface area (Å²) in [4.78, 5) is 0. The lowest BCUT2D eigenvalue weighted by Crippen LogP contribution is -2.14. The second-order valence-electron chi connectivity index (χ2n) is 3.80. The van der Waals surface area contributed by atoms with E-state index >= 15 is 0 Å². The van der Waals surface area contributed by atoms with Gasteiger partial charge in [0, 0.05) is 0 Å². The average Bonchev–Trinajstić information content (AvgIpc) is 2.29. The number of unbranched alkanes of at least 4 members (excludes halogenated alkanes) is 1. The van der Waals surface area contributed by atoms with Gasteiger partial charge in [0.1, 0.15) is 0 Å². The van der Waals surface area contributed by atoms with Crippen molar-refractivity contribution in [2.24, 2.45) is 0 Å². The van der Waals surface area contributed by atoms with Crippen molar-refractivity contribution in [2.75, 3.05) is 19.7 Å². The Bertz CT molecular complexity index is 315. The molecule has 1 aromatic rings. The predicted octanol–water partition coefficient (Wildman–Crippen LogP) is 2.90. The molecule has 0 aromatic heterocycles. The van der Waals surface area contributed by atoms with Crippen molar-refractivity contribution in [3.05, 3.63) is 29.6 Å². The van der Waals surface area contributed by atoms with Crippen molar-refractivity contribution in [3.8, 4) is 5.75 Å². The highest BCUT2D eigenvalue weighted by molar-refractivity contribution is 5.29. The molecule has 0 saturated heterocycles. The number of hydrogen-bond acceptors (Lipinski definition) is 2. The SMILES string of the molecule is CCNCCCCOc1cccc(C)c1F. The van der Waals surface area contributed by atoms with Gasteiger partial charge >= 0.3 is 0 Å². The molecule has 0 aliphatic rings. The van der Waals surface area contributed by atoms with Gasteiger partial charge in [-0.25, -0.2) is 4.39 Å². The molecule has 0 radical (unpaired) electrons. The van der Waals surface area contributed by atoms with E-state index < -0.39 is 0 Å². The van der Waals surface area contributed by atoms with Crippen molar-refractivity contribution < 1.29 is 9.13 Å². The van der Waals surface area contributed by atoms with Gasteiger partial charge in [0.25, 0.3) is 0 Å². The summed E-state index contributed by atoms with van der Waals surface area (Å²) < 4.78 is 18.9. The third-order valence-electron chi connectivity index (χ3n) is 2.41. The third kappa shape index (κ3) is 4.19. The minimum absolute atomic E-state index is 0.241. The molecule has 0 atom stereocenters. The molecule has 0 unspecified atom stereocenters. The lowest BCUT2D eigenvalue weighted by atomic mass is 10.2. The third-order valence-corrected chi connectivity index (χ3v) is 2.41. The van der Waals surface area contributed by atoms with E-state index in [2.05, 4.69) is 12.2 Å². The summed E-state index contributed by atoms with van der Waals surface area (Å²) in [6.45, 7) is 6.39. The van der Waals surface area contributed by atoms with Gasteiger partial charge in [-0.2, -0.15) is 0 Å². The van der Waals surface area contributed by atoms with E-state index in [1.54, 1.807) is 19.1 Å². The van der Waals surface area contributed by atoms with Crippen molar-refractivity contribution >= 4 is 0 Å². The maximum atomic E-state index is 13.5. The van der Waals surface area contributed by atoms with Crippen LogP contribution in [-0.2, 0) is 0 Å². The van der Waals surface area contributed by atoms with E-state index in [1.807, 2.05) is 6.07 Å². The van der Waals surface area contributed by atoms with Gasteiger partial charge < -0.3 is 10.1 Å². The highest BCUT2D eigenvalue weighted by Crippen LogP contribution is 2.19. The first-order valence-electron chi connectivity index (χ1n) is 5.84. The number of rotatable bonds is 7. The van der Waals surface area contributed by atoms with Crippen LogP contribution in [0.3, 0.4) is 0 Å². The Morgan fingerprint density at radius 2 is 2.12 bits per heavy atom. The summed E-state index contributed by atoms with van der Waals surface area (Å²) in [5.74, 6) is 0.123. The molecule has 0 spiro atoms. The van der Waals surface area contributed by atoms with Crippen molar-refractivity contribution in [2.45, 2.75) is 26.7 Å². The monoisotopic (exact) mass is 225 g/mol. The fourth-order valence-corrected chi connectivity index (χ4v) is 1.44. The van der Waals surface area contributed by atoms with Gasteiger partial charge in [0.05, 0.1) is 6.61 Å². The summed E-state index contributed by atoms with van der Waals surface area (Å²) in [7, 11) is 0. The smallest absolute Gasteiger partial charge is 0.167 e. The summed E-state index contributed by atoms with van der Waals surface area (Å²) in [5.41, 5.74) is 0.630. The van der Waals surface area contributed by atoms with E-state index in [1.165, 1.54) is 0 Å². The maximum Gasteiger partial charge on any atom is 0.167 e. The first-order valence-corrected chi connectivity index (χ1v) is 5.84. The fourth-order valence-electron chi connectivity index (χ4n) is 1.44. The Morgan fingerprint density at radius 1 is 1.31 bits per heavy atom. The van der Waals surface area contributed by atoms with Crippen LogP contribution in [0.5, 0.6) is 5.75 Å². The largest absolute Gasteiger partial charge is 0.491 e. The van der Waals surface area contributed by atoms with Crippen molar-refractivity contribution in [3.63, 3.8) is 0 Å². The number of hydrogen-bond donors (Lipinski definition) is 1. The molecule has 0 heterocycles. The van der Waals surface area contributed by atoms with E-state index in [9.17, 15) is 4.39 Å².